The Balaban J connectivity index is 2.58. The zero-order valence-electron chi connectivity index (χ0n) is 11.2. The number of esters is 1. The number of likely N-dealkylation sites (tertiary alicyclic amines) is 1. The number of hydrogen-bond acceptors (Lipinski definition) is 4. The van der Waals surface area contributed by atoms with Crippen molar-refractivity contribution in [2.75, 3.05) is 27.4 Å². The maximum absolute atomic E-state index is 11.8. The smallest absolute Gasteiger partial charge is 0.336 e. The molecule has 0 aromatic rings. The normalized spacial score (nSPS) is 20.4. The monoisotopic (exact) mass is 252 g/mol. The van der Waals surface area contributed by atoms with Crippen molar-refractivity contribution in [1.29, 1.82) is 0 Å². The van der Waals surface area contributed by atoms with E-state index in [4.69, 9.17) is 4.74 Å². The summed E-state index contributed by atoms with van der Waals surface area (Å²) >= 11 is 0. The van der Waals surface area contributed by atoms with Crippen molar-refractivity contribution in [3.05, 3.63) is 24.4 Å². The Hall–Kier alpha value is -1.62. The summed E-state index contributed by atoms with van der Waals surface area (Å²) < 4.78 is 5.02. The van der Waals surface area contributed by atoms with Crippen molar-refractivity contribution in [3.8, 4) is 0 Å². The predicted octanol–water partition coefficient (Wildman–Crippen LogP) is 0.987. The molecule has 100 valence electrons. The minimum absolute atomic E-state index is 0.00948. The molecule has 1 amide bonds. The topological polar surface area (TPSA) is 49.9 Å². The van der Waals surface area contributed by atoms with Crippen molar-refractivity contribution >= 4 is 11.9 Å². The molecular weight excluding hydrogens is 232 g/mol. The summed E-state index contributed by atoms with van der Waals surface area (Å²) in [6.07, 6.45) is 3.96. The van der Waals surface area contributed by atoms with Crippen molar-refractivity contribution in [2.45, 2.75) is 13.3 Å². The third-order valence-electron chi connectivity index (χ3n) is 2.69. The van der Waals surface area contributed by atoms with E-state index in [1.165, 1.54) is 0 Å². The van der Waals surface area contributed by atoms with Gasteiger partial charge in [-0.3, -0.25) is 9.69 Å². The van der Waals surface area contributed by atoms with Crippen LogP contribution in [0.4, 0.5) is 0 Å². The first kappa shape index (κ1) is 14.4. The van der Waals surface area contributed by atoms with Crippen LogP contribution < -0.4 is 0 Å². The molecule has 0 radical (unpaired) electrons. The molecule has 0 saturated carbocycles. The van der Waals surface area contributed by atoms with E-state index in [1.807, 2.05) is 14.1 Å². The highest BCUT2D eigenvalue weighted by molar-refractivity contribution is 5.89. The molecule has 0 aromatic heterocycles. The summed E-state index contributed by atoms with van der Waals surface area (Å²) in [4.78, 5) is 26.7. The van der Waals surface area contributed by atoms with Gasteiger partial charge in [-0.15, -0.1) is 6.58 Å². The summed E-state index contributed by atoms with van der Waals surface area (Å²) in [6.45, 7) is 6.12. The van der Waals surface area contributed by atoms with Crippen molar-refractivity contribution in [2.24, 2.45) is 5.92 Å². The second kappa shape index (κ2) is 6.35. The largest absolute Gasteiger partial charge is 0.446 e. The SMILES string of the molecule is C=CC1CCN(/C=C(\C)C(=O)OCN(C)C)C1=O. The van der Waals surface area contributed by atoms with Crippen LogP contribution in [0.15, 0.2) is 24.4 Å². The van der Waals surface area contributed by atoms with E-state index in [0.29, 0.717) is 12.1 Å². The van der Waals surface area contributed by atoms with E-state index in [0.717, 1.165) is 6.42 Å². The Labute approximate surface area is 108 Å². The molecule has 5 nitrogen and oxygen atoms in total. The van der Waals surface area contributed by atoms with Gasteiger partial charge in [0, 0.05) is 12.7 Å². The standard InChI is InChI=1S/C13H20N2O3/c1-5-11-6-7-15(12(11)16)8-10(2)13(17)18-9-14(3)4/h5,8,11H,1,6-7,9H2,2-4H3/b10-8+. The lowest BCUT2D eigenvalue weighted by Gasteiger charge is -2.13. The molecule has 1 unspecified atom stereocenters. The molecule has 0 aromatic carbocycles. The number of ether oxygens (including phenoxy) is 1. The van der Waals surface area contributed by atoms with Gasteiger partial charge in [-0.1, -0.05) is 6.08 Å². The van der Waals surface area contributed by atoms with Crippen LogP contribution >= 0.6 is 0 Å². The van der Waals surface area contributed by atoms with Gasteiger partial charge in [0.15, 0.2) is 0 Å². The minimum atomic E-state index is -0.404. The Morgan fingerprint density at radius 1 is 1.61 bits per heavy atom. The van der Waals surface area contributed by atoms with Crippen molar-refractivity contribution in [1.82, 2.24) is 9.80 Å². The van der Waals surface area contributed by atoms with Gasteiger partial charge in [0.05, 0.1) is 11.5 Å². The van der Waals surface area contributed by atoms with Gasteiger partial charge in [0.1, 0.15) is 6.73 Å². The lowest BCUT2D eigenvalue weighted by atomic mass is 10.1. The minimum Gasteiger partial charge on any atom is -0.446 e. The Morgan fingerprint density at radius 2 is 2.28 bits per heavy atom. The highest BCUT2D eigenvalue weighted by Crippen LogP contribution is 2.19. The molecule has 1 saturated heterocycles. The lowest BCUT2D eigenvalue weighted by molar-refractivity contribution is -0.142. The van der Waals surface area contributed by atoms with Crippen LogP contribution in [0.25, 0.3) is 0 Å². The summed E-state index contributed by atoms with van der Waals surface area (Å²) in [7, 11) is 3.62. The van der Waals surface area contributed by atoms with Crippen LogP contribution in [0.5, 0.6) is 0 Å². The first-order chi connectivity index (χ1) is 8.45. The summed E-state index contributed by atoms with van der Waals surface area (Å²) in [5.41, 5.74) is 0.426. The molecule has 1 atom stereocenters. The van der Waals surface area contributed by atoms with E-state index >= 15 is 0 Å². The summed E-state index contributed by atoms with van der Waals surface area (Å²) in [6, 6.07) is 0. The lowest BCUT2D eigenvalue weighted by Crippen LogP contribution is -2.24. The molecular formula is C13H20N2O3. The van der Waals surface area contributed by atoms with Crippen LogP contribution in [0, 0.1) is 5.92 Å². The fourth-order valence-electron chi connectivity index (χ4n) is 1.66. The highest BCUT2D eigenvalue weighted by atomic mass is 16.5. The molecule has 1 heterocycles. The van der Waals surface area contributed by atoms with E-state index in [9.17, 15) is 9.59 Å². The first-order valence-electron chi connectivity index (χ1n) is 5.89. The Morgan fingerprint density at radius 3 is 2.78 bits per heavy atom. The Bertz CT molecular complexity index is 374. The maximum atomic E-state index is 11.8. The Kier molecular flexibility index (Phi) is 5.09. The van der Waals surface area contributed by atoms with Crippen LogP contribution in [0.3, 0.4) is 0 Å². The van der Waals surface area contributed by atoms with Crippen molar-refractivity contribution in [3.63, 3.8) is 0 Å². The fraction of sp³-hybridized carbons (Fsp3) is 0.538. The third kappa shape index (κ3) is 3.70. The molecule has 1 aliphatic rings. The van der Waals surface area contributed by atoms with E-state index in [2.05, 4.69) is 6.58 Å². The molecule has 1 fully saturated rings. The zero-order valence-corrected chi connectivity index (χ0v) is 11.2. The molecule has 18 heavy (non-hydrogen) atoms. The fourth-order valence-corrected chi connectivity index (χ4v) is 1.66. The molecule has 0 bridgehead atoms. The second-order valence-corrected chi connectivity index (χ2v) is 4.62. The highest BCUT2D eigenvalue weighted by Gasteiger charge is 2.28. The average Bonchev–Trinajstić information content (AvgIpc) is 2.67. The van der Waals surface area contributed by atoms with Gasteiger partial charge >= 0.3 is 5.97 Å². The van der Waals surface area contributed by atoms with Gasteiger partial charge in [-0.25, -0.2) is 4.79 Å². The molecule has 1 rings (SSSR count). The van der Waals surface area contributed by atoms with E-state index < -0.39 is 5.97 Å². The number of carbonyl (C=O) groups excluding carboxylic acids is 2. The number of nitrogens with zero attached hydrogens (tertiary/aromatic N) is 2. The van der Waals surface area contributed by atoms with Crippen LogP contribution in [0.2, 0.25) is 0 Å². The summed E-state index contributed by atoms with van der Waals surface area (Å²) in [5.74, 6) is -0.546. The van der Waals surface area contributed by atoms with E-state index in [-0.39, 0.29) is 18.6 Å². The number of amides is 1. The van der Waals surface area contributed by atoms with E-state index in [1.54, 1.807) is 29.0 Å². The first-order valence-corrected chi connectivity index (χ1v) is 5.89. The quantitative estimate of drug-likeness (QED) is 0.317. The van der Waals surface area contributed by atoms with Crippen LogP contribution in [-0.2, 0) is 14.3 Å². The maximum Gasteiger partial charge on any atom is 0.336 e. The van der Waals surface area contributed by atoms with Gasteiger partial charge in [-0.2, -0.15) is 0 Å². The molecule has 1 aliphatic heterocycles. The molecule has 0 spiro atoms. The molecule has 5 heteroatoms. The van der Waals surface area contributed by atoms with Gasteiger partial charge < -0.3 is 9.64 Å². The zero-order chi connectivity index (χ0) is 13.7. The molecule has 0 aliphatic carbocycles. The third-order valence-corrected chi connectivity index (χ3v) is 2.69. The predicted molar refractivity (Wildman–Crippen MR) is 68.4 cm³/mol. The van der Waals surface area contributed by atoms with Crippen molar-refractivity contribution < 1.29 is 14.3 Å². The van der Waals surface area contributed by atoms with Gasteiger partial charge in [0.2, 0.25) is 5.91 Å². The summed E-state index contributed by atoms with van der Waals surface area (Å²) in [5, 5.41) is 0. The molecule has 0 N–H and O–H groups in total. The number of rotatable bonds is 5. The average molecular weight is 252 g/mol. The number of hydrogen-bond donors (Lipinski definition) is 0. The van der Waals surface area contributed by atoms with Gasteiger partial charge in [0.25, 0.3) is 0 Å². The van der Waals surface area contributed by atoms with Gasteiger partial charge in [-0.05, 0) is 27.4 Å². The van der Waals surface area contributed by atoms with Crippen LogP contribution in [0.1, 0.15) is 13.3 Å². The van der Waals surface area contributed by atoms with Crippen LogP contribution in [-0.4, -0.2) is 49.0 Å². The second-order valence-electron chi connectivity index (χ2n) is 4.62. The number of carbonyl (C=O) groups is 2.